The minimum Gasteiger partial charge on any atom is -0.377 e. The fraction of sp³-hybridized carbons (Fsp3) is 0.562. The third-order valence-electron chi connectivity index (χ3n) is 3.45. The second-order valence-electron chi connectivity index (χ2n) is 5.24. The summed E-state index contributed by atoms with van der Waals surface area (Å²) in [6.45, 7) is 6.18. The summed E-state index contributed by atoms with van der Waals surface area (Å²) in [5.41, 5.74) is 2.70. The molecule has 0 amide bonds. The Hall–Kier alpha value is -1.02. The van der Waals surface area contributed by atoms with Gasteiger partial charge in [-0.1, -0.05) is 11.6 Å². The van der Waals surface area contributed by atoms with Crippen molar-refractivity contribution in [1.29, 1.82) is 0 Å². The van der Waals surface area contributed by atoms with Crippen molar-refractivity contribution in [2.24, 2.45) is 12.0 Å². The van der Waals surface area contributed by atoms with Gasteiger partial charge in [-0.3, -0.25) is 0 Å². The van der Waals surface area contributed by atoms with Crippen LogP contribution in [-0.4, -0.2) is 36.8 Å². The van der Waals surface area contributed by atoms with E-state index in [-0.39, 0.29) is 24.0 Å². The molecule has 1 aromatic rings. The number of ether oxygens (including phenoxy) is 1. The average Bonchev–Trinajstić information content (AvgIpc) is 2.91. The number of aromatic nitrogens is 1. The van der Waals surface area contributed by atoms with Crippen LogP contribution in [-0.2, 0) is 18.3 Å². The molecule has 124 valence electrons. The smallest absolute Gasteiger partial charge is 0.191 e. The fourth-order valence-electron chi connectivity index (χ4n) is 2.30. The molecule has 0 saturated heterocycles. The van der Waals surface area contributed by atoms with Crippen molar-refractivity contribution in [2.75, 3.05) is 26.3 Å². The van der Waals surface area contributed by atoms with E-state index in [0.29, 0.717) is 6.54 Å². The molecule has 0 aromatic carbocycles. The third-order valence-corrected chi connectivity index (χ3v) is 3.45. The first-order valence-electron chi connectivity index (χ1n) is 7.66. The first kappa shape index (κ1) is 19.0. The molecule has 0 saturated carbocycles. The summed E-state index contributed by atoms with van der Waals surface area (Å²) in [5, 5.41) is 6.68. The highest BCUT2D eigenvalue weighted by molar-refractivity contribution is 14.0. The van der Waals surface area contributed by atoms with E-state index in [2.05, 4.69) is 40.9 Å². The van der Waals surface area contributed by atoms with Crippen LogP contribution in [0, 0.1) is 0 Å². The quantitative estimate of drug-likeness (QED) is 0.323. The number of hydrogen-bond donors (Lipinski definition) is 2. The molecule has 22 heavy (non-hydrogen) atoms. The van der Waals surface area contributed by atoms with Gasteiger partial charge < -0.3 is 19.9 Å². The van der Waals surface area contributed by atoms with Gasteiger partial charge in [0.05, 0.1) is 19.8 Å². The van der Waals surface area contributed by atoms with E-state index in [4.69, 9.17) is 4.74 Å². The van der Waals surface area contributed by atoms with E-state index < -0.39 is 0 Å². The standard InChI is InChI=1S/C16H26N4O.HI/c1-3-17-16(19-12-15-5-9-20(2)13-15)18-8-4-14-6-10-21-11-7-14;/h5-6,9,13H,3-4,7-8,10-12H2,1-2H3,(H2,17,18,19);1H. The van der Waals surface area contributed by atoms with Gasteiger partial charge in [-0.05, 0) is 31.4 Å². The maximum absolute atomic E-state index is 5.32. The van der Waals surface area contributed by atoms with Crippen LogP contribution in [0.5, 0.6) is 0 Å². The van der Waals surface area contributed by atoms with Crippen LogP contribution in [0.3, 0.4) is 0 Å². The lowest BCUT2D eigenvalue weighted by Crippen LogP contribution is -2.37. The maximum Gasteiger partial charge on any atom is 0.191 e. The van der Waals surface area contributed by atoms with Gasteiger partial charge in [0.25, 0.3) is 0 Å². The predicted molar refractivity (Wildman–Crippen MR) is 102 cm³/mol. The van der Waals surface area contributed by atoms with E-state index in [1.165, 1.54) is 11.1 Å². The van der Waals surface area contributed by atoms with E-state index in [1.807, 2.05) is 17.8 Å². The lowest BCUT2D eigenvalue weighted by Gasteiger charge is -2.15. The van der Waals surface area contributed by atoms with Crippen molar-refractivity contribution >= 4 is 29.9 Å². The molecule has 6 heteroatoms. The zero-order chi connectivity index (χ0) is 14.9. The normalized spacial score (nSPS) is 15.0. The van der Waals surface area contributed by atoms with Crippen LogP contribution in [0.2, 0.25) is 0 Å². The van der Waals surface area contributed by atoms with Crippen molar-refractivity contribution in [3.8, 4) is 0 Å². The van der Waals surface area contributed by atoms with Crippen molar-refractivity contribution in [2.45, 2.75) is 26.3 Å². The minimum atomic E-state index is 0. The van der Waals surface area contributed by atoms with Crippen LogP contribution in [0.4, 0.5) is 0 Å². The first-order valence-corrected chi connectivity index (χ1v) is 7.66. The maximum atomic E-state index is 5.32. The van der Waals surface area contributed by atoms with Crippen LogP contribution in [0.25, 0.3) is 0 Å². The Morgan fingerprint density at radius 3 is 2.91 bits per heavy atom. The molecular weight excluding hydrogens is 391 g/mol. The molecule has 0 fully saturated rings. The molecule has 2 rings (SSSR count). The number of aryl methyl sites for hydroxylation is 1. The number of nitrogens with one attached hydrogen (secondary N) is 2. The molecule has 0 aliphatic carbocycles. The Balaban J connectivity index is 0.00000242. The zero-order valence-electron chi connectivity index (χ0n) is 13.5. The summed E-state index contributed by atoms with van der Waals surface area (Å²) >= 11 is 0. The summed E-state index contributed by atoms with van der Waals surface area (Å²) < 4.78 is 7.36. The van der Waals surface area contributed by atoms with Gasteiger partial charge in [0.2, 0.25) is 0 Å². The molecule has 0 bridgehead atoms. The Kier molecular flexibility index (Phi) is 9.22. The monoisotopic (exact) mass is 418 g/mol. The van der Waals surface area contributed by atoms with Crippen LogP contribution in [0.15, 0.2) is 35.1 Å². The lowest BCUT2D eigenvalue weighted by atomic mass is 10.1. The molecule has 0 unspecified atom stereocenters. The van der Waals surface area contributed by atoms with Gasteiger partial charge in [-0.2, -0.15) is 0 Å². The molecule has 1 aromatic heterocycles. The zero-order valence-corrected chi connectivity index (χ0v) is 15.8. The van der Waals surface area contributed by atoms with Crippen LogP contribution in [0.1, 0.15) is 25.3 Å². The van der Waals surface area contributed by atoms with E-state index >= 15 is 0 Å². The van der Waals surface area contributed by atoms with Gasteiger partial charge in [-0.15, -0.1) is 24.0 Å². The second kappa shape index (κ2) is 10.7. The fourth-order valence-corrected chi connectivity index (χ4v) is 2.30. The number of nitrogens with zero attached hydrogens (tertiary/aromatic N) is 2. The topological polar surface area (TPSA) is 50.6 Å². The Morgan fingerprint density at radius 2 is 2.27 bits per heavy atom. The average molecular weight is 418 g/mol. The summed E-state index contributed by atoms with van der Waals surface area (Å²) in [4.78, 5) is 4.62. The largest absolute Gasteiger partial charge is 0.377 e. The van der Waals surface area contributed by atoms with Gasteiger partial charge in [0, 0.05) is 32.5 Å². The van der Waals surface area contributed by atoms with E-state index in [9.17, 15) is 0 Å². The Morgan fingerprint density at radius 1 is 1.41 bits per heavy atom. The third kappa shape index (κ3) is 6.83. The number of hydrogen-bond acceptors (Lipinski definition) is 2. The van der Waals surface area contributed by atoms with E-state index in [1.54, 1.807) is 0 Å². The summed E-state index contributed by atoms with van der Waals surface area (Å²) in [7, 11) is 2.03. The molecule has 1 aliphatic rings. The molecule has 0 radical (unpaired) electrons. The Bertz CT molecular complexity index is 496. The van der Waals surface area contributed by atoms with Crippen LogP contribution >= 0.6 is 24.0 Å². The number of rotatable bonds is 6. The minimum absolute atomic E-state index is 0. The van der Waals surface area contributed by atoms with Crippen molar-refractivity contribution in [3.63, 3.8) is 0 Å². The predicted octanol–water partition coefficient (Wildman–Crippen LogP) is 2.44. The molecule has 0 spiro atoms. The first-order chi connectivity index (χ1) is 10.3. The van der Waals surface area contributed by atoms with Gasteiger partial charge >= 0.3 is 0 Å². The van der Waals surface area contributed by atoms with Crippen molar-refractivity contribution in [3.05, 3.63) is 35.7 Å². The molecule has 1 aliphatic heterocycles. The highest BCUT2D eigenvalue weighted by atomic mass is 127. The highest BCUT2D eigenvalue weighted by Gasteiger charge is 2.04. The van der Waals surface area contributed by atoms with E-state index in [0.717, 1.165) is 45.1 Å². The van der Waals surface area contributed by atoms with Crippen molar-refractivity contribution in [1.82, 2.24) is 15.2 Å². The number of halogens is 1. The molecule has 2 N–H and O–H groups in total. The van der Waals surface area contributed by atoms with Gasteiger partial charge in [0.1, 0.15) is 0 Å². The Labute approximate surface area is 150 Å². The highest BCUT2D eigenvalue weighted by Crippen LogP contribution is 2.10. The van der Waals surface area contributed by atoms with Gasteiger partial charge in [0.15, 0.2) is 5.96 Å². The second-order valence-corrected chi connectivity index (χ2v) is 5.24. The molecule has 2 heterocycles. The summed E-state index contributed by atoms with van der Waals surface area (Å²) in [5.74, 6) is 0.883. The number of guanidine groups is 1. The SMILES string of the molecule is CCNC(=NCc1ccn(C)c1)NCCC1=CCOCC1.I. The van der Waals surface area contributed by atoms with Crippen molar-refractivity contribution < 1.29 is 4.74 Å². The van der Waals surface area contributed by atoms with Gasteiger partial charge in [-0.25, -0.2) is 4.99 Å². The molecule has 5 nitrogen and oxygen atoms in total. The molecule has 0 atom stereocenters. The summed E-state index contributed by atoms with van der Waals surface area (Å²) in [6, 6.07) is 2.10. The lowest BCUT2D eigenvalue weighted by molar-refractivity contribution is 0.153. The van der Waals surface area contributed by atoms with Crippen LogP contribution < -0.4 is 10.6 Å². The molecular formula is C16H27IN4O. The summed E-state index contributed by atoms with van der Waals surface area (Å²) in [6.07, 6.45) is 8.44. The number of aliphatic imine (C=N–C) groups is 1.